The molecule has 8 heteroatoms. The number of fused-ring (bicyclic) bond motifs is 1. The number of rotatable bonds is 7. The number of methoxy groups -OCH3 is 2. The molecule has 0 radical (unpaired) electrons. The van der Waals surface area contributed by atoms with Crippen molar-refractivity contribution in [3.8, 4) is 11.5 Å². The van der Waals surface area contributed by atoms with Crippen LogP contribution in [0.3, 0.4) is 0 Å². The van der Waals surface area contributed by atoms with Gasteiger partial charge in [-0.2, -0.15) is 4.99 Å². The summed E-state index contributed by atoms with van der Waals surface area (Å²) >= 11 is 1.39. The molecule has 152 valence electrons. The predicted octanol–water partition coefficient (Wildman–Crippen LogP) is 3.41. The first kappa shape index (κ1) is 20.6. The van der Waals surface area contributed by atoms with E-state index in [1.54, 1.807) is 32.2 Å². The topological polar surface area (TPSA) is 79.1 Å². The average Bonchev–Trinajstić information content (AvgIpc) is 3.08. The highest BCUT2D eigenvalue weighted by molar-refractivity contribution is 7.16. The van der Waals surface area contributed by atoms with Gasteiger partial charge in [0.15, 0.2) is 4.80 Å². The average molecular weight is 414 g/mol. The van der Waals surface area contributed by atoms with Crippen LogP contribution in [-0.4, -0.2) is 37.3 Å². The number of hydrogen-bond donors (Lipinski definition) is 0. The van der Waals surface area contributed by atoms with Gasteiger partial charge in [-0.3, -0.25) is 9.59 Å². The maximum Gasteiger partial charge on any atom is 0.307 e. The number of benzene rings is 2. The van der Waals surface area contributed by atoms with E-state index < -0.39 is 5.91 Å². The van der Waals surface area contributed by atoms with Gasteiger partial charge in [-0.05, 0) is 31.2 Å². The van der Waals surface area contributed by atoms with Gasteiger partial charge in [0.2, 0.25) is 0 Å². The molecule has 7 nitrogen and oxygen atoms in total. The smallest absolute Gasteiger partial charge is 0.307 e. The first-order chi connectivity index (χ1) is 14.1. The second kappa shape index (κ2) is 9.38. The largest absolute Gasteiger partial charge is 0.497 e. The quantitative estimate of drug-likeness (QED) is 0.554. The Morgan fingerprint density at radius 2 is 1.90 bits per heavy atom. The molecule has 0 N–H and O–H groups in total. The van der Waals surface area contributed by atoms with E-state index >= 15 is 0 Å². The summed E-state index contributed by atoms with van der Waals surface area (Å²) < 4.78 is 18.4. The Hall–Kier alpha value is -3.13. The lowest BCUT2D eigenvalue weighted by atomic mass is 10.2. The SMILES string of the molecule is CCOC(=O)CCn1c(=NC(=O)c2ccc(OC)cc2OC)sc2ccccc21. The van der Waals surface area contributed by atoms with Gasteiger partial charge in [0, 0.05) is 12.6 Å². The third kappa shape index (κ3) is 4.65. The molecule has 0 unspecified atom stereocenters. The van der Waals surface area contributed by atoms with Crippen molar-refractivity contribution >= 4 is 33.4 Å². The minimum absolute atomic E-state index is 0.196. The van der Waals surface area contributed by atoms with Gasteiger partial charge < -0.3 is 18.8 Å². The Bertz CT molecular complexity index is 1100. The number of carbonyl (C=O) groups excluding carboxylic acids is 2. The van der Waals surface area contributed by atoms with Crippen molar-refractivity contribution < 1.29 is 23.8 Å². The lowest BCUT2D eigenvalue weighted by Gasteiger charge is -2.08. The maximum atomic E-state index is 12.9. The highest BCUT2D eigenvalue weighted by Crippen LogP contribution is 2.25. The van der Waals surface area contributed by atoms with Crippen LogP contribution in [0.5, 0.6) is 11.5 Å². The summed E-state index contributed by atoms with van der Waals surface area (Å²) in [7, 11) is 3.04. The minimum Gasteiger partial charge on any atom is -0.497 e. The molecule has 0 aliphatic heterocycles. The van der Waals surface area contributed by atoms with Gasteiger partial charge in [-0.25, -0.2) is 0 Å². The molecule has 0 fully saturated rings. The van der Waals surface area contributed by atoms with Crippen molar-refractivity contribution in [2.24, 2.45) is 4.99 Å². The summed E-state index contributed by atoms with van der Waals surface area (Å²) in [4.78, 5) is 29.5. The van der Waals surface area contributed by atoms with Crippen molar-refractivity contribution in [2.45, 2.75) is 19.9 Å². The lowest BCUT2D eigenvalue weighted by Crippen LogP contribution is -2.19. The molecule has 1 aromatic heterocycles. The monoisotopic (exact) mass is 414 g/mol. The molecule has 29 heavy (non-hydrogen) atoms. The zero-order valence-electron chi connectivity index (χ0n) is 16.5. The number of aryl methyl sites for hydroxylation is 1. The van der Waals surface area contributed by atoms with E-state index in [1.807, 2.05) is 28.8 Å². The van der Waals surface area contributed by atoms with Crippen LogP contribution in [0.4, 0.5) is 0 Å². The first-order valence-electron chi connectivity index (χ1n) is 9.12. The summed E-state index contributed by atoms with van der Waals surface area (Å²) in [5, 5.41) is 0. The van der Waals surface area contributed by atoms with Gasteiger partial charge in [0.25, 0.3) is 5.91 Å². The summed E-state index contributed by atoms with van der Waals surface area (Å²) in [6.45, 7) is 2.47. The number of thiazole rings is 1. The van der Waals surface area contributed by atoms with Crippen LogP contribution in [-0.2, 0) is 16.1 Å². The van der Waals surface area contributed by atoms with Crippen LogP contribution in [0.25, 0.3) is 10.2 Å². The predicted molar refractivity (Wildman–Crippen MR) is 111 cm³/mol. The number of carbonyl (C=O) groups is 2. The molecule has 0 bridgehead atoms. The van der Waals surface area contributed by atoms with E-state index in [-0.39, 0.29) is 12.4 Å². The Morgan fingerprint density at radius 1 is 1.10 bits per heavy atom. The normalized spacial score (nSPS) is 11.5. The molecule has 0 aliphatic carbocycles. The highest BCUT2D eigenvalue weighted by Gasteiger charge is 2.15. The molecule has 0 saturated carbocycles. The van der Waals surface area contributed by atoms with Gasteiger partial charge in [-0.1, -0.05) is 23.5 Å². The van der Waals surface area contributed by atoms with Crippen LogP contribution in [0, 0.1) is 0 Å². The third-order valence-electron chi connectivity index (χ3n) is 4.27. The van der Waals surface area contributed by atoms with Crippen molar-refractivity contribution in [3.63, 3.8) is 0 Å². The number of para-hydroxylation sites is 1. The fourth-order valence-corrected chi connectivity index (χ4v) is 3.94. The minimum atomic E-state index is -0.430. The summed E-state index contributed by atoms with van der Waals surface area (Å²) in [6.07, 6.45) is 0.196. The summed E-state index contributed by atoms with van der Waals surface area (Å²) in [5.41, 5.74) is 1.25. The van der Waals surface area contributed by atoms with Crippen LogP contribution in [0.15, 0.2) is 47.5 Å². The fraction of sp³-hybridized carbons (Fsp3) is 0.286. The molecular weight excluding hydrogens is 392 g/mol. The zero-order valence-corrected chi connectivity index (χ0v) is 17.3. The van der Waals surface area contributed by atoms with Crippen molar-refractivity contribution in [1.82, 2.24) is 4.57 Å². The molecule has 3 aromatic rings. The van der Waals surface area contributed by atoms with E-state index in [2.05, 4.69) is 4.99 Å². The standard InChI is InChI=1S/C21H22N2O5S/c1-4-28-19(24)11-12-23-16-7-5-6-8-18(16)29-21(23)22-20(25)15-10-9-14(26-2)13-17(15)27-3/h5-10,13H,4,11-12H2,1-3H3. The van der Waals surface area contributed by atoms with E-state index in [9.17, 15) is 9.59 Å². The molecule has 2 aromatic carbocycles. The Labute approximate surface area is 172 Å². The number of nitrogens with zero attached hydrogens (tertiary/aromatic N) is 2. The molecule has 0 aliphatic rings. The van der Waals surface area contributed by atoms with E-state index in [4.69, 9.17) is 14.2 Å². The lowest BCUT2D eigenvalue weighted by molar-refractivity contribution is -0.143. The van der Waals surface area contributed by atoms with Gasteiger partial charge >= 0.3 is 5.97 Å². The third-order valence-corrected chi connectivity index (χ3v) is 5.33. The highest BCUT2D eigenvalue weighted by atomic mass is 32.1. The molecule has 1 heterocycles. The van der Waals surface area contributed by atoms with Crippen LogP contribution < -0.4 is 14.3 Å². The number of aromatic nitrogens is 1. The molecule has 0 atom stereocenters. The van der Waals surface area contributed by atoms with Gasteiger partial charge in [-0.15, -0.1) is 0 Å². The molecule has 1 amide bonds. The molecule has 0 saturated heterocycles. The number of esters is 1. The maximum absolute atomic E-state index is 12.9. The fourth-order valence-electron chi connectivity index (χ4n) is 2.88. The van der Waals surface area contributed by atoms with E-state index in [0.717, 1.165) is 10.2 Å². The van der Waals surface area contributed by atoms with Crippen LogP contribution in [0.2, 0.25) is 0 Å². The van der Waals surface area contributed by atoms with Crippen molar-refractivity contribution in [3.05, 3.63) is 52.8 Å². The molecular formula is C21H22N2O5S. The van der Waals surface area contributed by atoms with E-state index in [1.165, 1.54) is 18.4 Å². The van der Waals surface area contributed by atoms with Crippen LogP contribution in [0.1, 0.15) is 23.7 Å². The van der Waals surface area contributed by atoms with Crippen molar-refractivity contribution in [1.29, 1.82) is 0 Å². The second-order valence-corrected chi connectivity index (χ2v) is 7.05. The van der Waals surface area contributed by atoms with E-state index in [0.29, 0.717) is 35.0 Å². The number of amides is 1. The zero-order chi connectivity index (χ0) is 20.8. The second-order valence-electron chi connectivity index (χ2n) is 6.04. The van der Waals surface area contributed by atoms with Gasteiger partial charge in [0.1, 0.15) is 11.5 Å². The van der Waals surface area contributed by atoms with Gasteiger partial charge in [0.05, 0.1) is 43.0 Å². The Balaban J connectivity index is 2.02. The molecule has 3 rings (SSSR count). The summed E-state index contributed by atoms with van der Waals surface area (Å²) in [6, 6.07) is 12.7. The first-order valence-corrected chi connectivity index (χ1v) is 9.94. The summed E-state index contributed by atoms with van der Waals surface area (Å²) in [5.74, 6) is 0.257. The van der Waals surface area contributed by atoms with Crippen molar-refractivity contribution in [2.75, 3.05) is 20.8 Å². The van der Waals surface area contributed by atoms with Crippen LogP contribution >= 0.6 is 11.3 Å². The number of hydrogen-bond acceptors (Lipinski definition) is 6. The number of ether oxygens (including phenoxy) is 3. The Morgan fingerprint density at radius 3 is 2.62 bits per heavy atom. The molecule has 0 spiro atoms. The Kier molecular flexibility index (Phi) is 6.66.